The van der Waals surface area contributed by atoms with Crippen LogP contribution in [0, 0.1) is 6.92 Å². The zero-order chi connectivity index (χ0) is 7.84. The van der Waals surface area contributed by atoms with Crippen LogP contribution in [0.25, 0.3) is 5.65 Å². The van der Waals surface area contributed by atoms with Gasteiger partial charge in [-0.15, -0.1) is 0 Å². The molecule has 0 N–H and O–H groups in total. The number of fused-ring (bicyclic) bond motifs is 1. The maximum atomic E-state index is 5.89. The van der Waals surface area contributed by atoms with Crippen molar-refractivity contribution in [2.75, 3.05) is 0 Å². The highest BCUT2D eigenvalue weighted by molar-refractivity contribution is 6.29. The molecule has 0 bridgehead atoms. The van der Waals surface area contributed by atoms with E-state index >= 15 is 0 Å². The summed E-state index contributed by atoms with van der Waals surface area (Å²) in [4.78, 5) is 4.16. The second-order valence-corrected chi connectivity index (χ2v) is 2.85. The summed E-state index contributed by atoms with van der Waals surface area (Å²) in [6.07, 6.45) is 3.60. The van der Waals surface area contributed by atoms with Gasteiger partial charge >= 0.3 is 0 Å². The Kier molecular flexibility index (Phi) is 1.36. The highest BCUT2D eigenvalue weighted by atomic mass is 35.5. The van der Waals surface area contributed by atoms with Crippen LogP contribution >= 0.6 is 11.6 Å². The van der Waals surface area contributed by atoms with Gasteiger partial charge in [0.15, 0.2) is 0 Å². The Balaban J connectivity index is 2.96. The monoisotopic (exact) mass is 166 g/mol. The van der Waals surface area contributed by atoms with Crippen molar-refractivity contribution < 1.29 is 0 Å². The van der Waals surface area contributed by atoms with Crippen molar-refractivity contribution in [3.63, 3.8) is 0 Å². The molecule has 2 aromatic rings. The molecule has 2 aromatic heterocycles. The standard InChI is InChI=1S/C8H7ClN2/c1-6-2-3-7(9)11-5-4-10-8(6)11/h2-5H,1H3. The Morgan fingerprint density at radius 2 is 2.27 bits per heavy atom. The third-order valence-electron chi connectivity index (χ3n) is 1.69. The second-order valence-electron chi connectivity index (χ2n) is 2.46. The summed E-state index contributed by atoms with van der Waals surface area (Å²) in [6, 6.07) is 3.83. The van der Waals surface area contributed by atoms with Crippen LogP contribution in [-0.4, -0.2) is 9.38 Å². The Bertz CT molecular complexity index is 356. The van der Waals surface area contributed by atoms with E-state index in [0.29, 0.717) is 5.15 Å². The number of nitrogens with zero attached hydrogens (tertiary/aromatic N) is 2. The van der Waals surface area contributed by atoms with Gasteiger partial charge in [0, 0.05) is 12.4 Å². The van der Waals surface area contributed by atoms with E-state index in [0.717, 1.165) is 11.2 Å². The molecule has 0 radical (unpaired) electrons. The van der Waals surface area contributed by atoms with Gasteiger partial charge in [-0.05, 0) is 18.6 Å². The van der Waals surface area contributed by atoms with E-state index in [4.69, 9.17) is 11.6 Å². The van der Waals surface area contributed by atoms with Gasteiger partial charge in [-0.2, -0.15) is 0 Å². The highest BCUT2D eigenvalue weighted by Crippen LogP contribution is 2.14. The Morgan fingerprint density at radius 3 is 3.00 bits per heavy atom. The van der Waals surface area contributed by atoms with Crippen molar-refractivity contribution in [3.05, 3.63) is 35.2 Å². The van der Waals surface area contributed by atoms with E-state index in [2.05, 4.69) is 4.98 Å². The molecule has 0 atom stereocenters. The van der Waals surface area contributed by atoms with Crippen LogP contribution < -0.4 is 0 Å². The SMILES string of the molecule is Cc1ccc(Cl)n2ccnc12. The van der Waals surface area contributed by atoms with Gasteiger partial charge in [0.05, 0.1) is 0 Å². The molecule has 0 fully saturated rings. The molecule has 56 valence electrons. The van der Waals surface area contributed by atoms with E-state index in [1.807, 2.05) is 29.7 Å². The highest BCUT2D eigenvalue weighted by Gasteiger charge is 1.99. The van der Waals surface area contributed by atoms with Gasteiger partial charge in [-0.25, -0.2) is 4.98 Å². The number of aryl methyl sites for hydroxylation is 1. The van der Waals surface area contributed by atoms with Crippen molar-refractivity contribution in [3.8, 4) is 0 Å². The lowest BCUT2D eigenvalue weighted by atomic mass is 10.3. The number of hydrogen-bond acceptors (Lipinski definition) is 1. The van der Waals surface area contributed by atoms with Crippen molar-refractivity contribution in [2.45, 2.75) is 6.92 Å². The molecule has 2 rings (SSSR count). The molecule has 0 spiro atoms. The van der Waals surface area contributed by atoms with Crippen molar-refractivity contribution in [2.24, 2.45) is 0 Å². The lowest BCUT2D eigenvalue weighted by Gasteiger charge is -1.98. The number of pyridine rings is 1. The molecule has 0 amide bonds. The topological polar surface area (TPSA) is 17.3 Å². The summed E-state index contributed by atoms with van der Waals surface area (Å²) in [5, 5.41) is 0.697. The molecule has 0 aliphatic heterocycles. The Morgan fingerprint density at radius 1 is 1.45 bits per heavy atom. The van der Waals surface area contributed by atoms with Crippen LogP contribution in [0.2, 0.25) is 5.15 Å². The van der Waals surface area contributed by atoms with Gasteiger partial charge < -0.3 is 0 Å². The molecule has 2 heterocycles. The summed E-state index contributed by atoms with van der Waals surface area (Å²) in [5.41, 5.74) is 2.07. The predicted molar refractivity (Wildman–Crippen MR) is 44.9 cm³/mol. The van der Waals surface area contributed by atoms with Crippen LogP contribution in [0.1, 0.15) is 5.56 Å². The molecule has 2 nitrogen and oxygen atoms in total. The third-order valence-corrected chi connectivity index (χ3v) is 2.00. The molecule has 0 unspecified atom stereocenters. The van der Waals surface area contributed by atoms with E-state index in [1.165, 1.54) is 0 Å². The summed E-state index contributed by atoms with van der Waals surface area (Å²) in [5.74, 6) is 0. The molecule has 11 heavy (non-hydrogen) atoms. The Hall–Kier alpha value is -1.02. The normalized spacial score (nSPS) is 10.7. The van der Waals surface area contributed by atoms with Gasteiger partial charge in [-0.1, -0.05) is 17.7 Å². The molecule has 3 heteroatoms. The molecule has 0 saturated carbocycles. The molecular weight excluding hydrogens is 160 g/mol. The lowest BCUT2D eigenvalue weighted by Crippen LogP contribution is -1.87. The zero-order valence-corrected chi connectivity index (χ0v) is 6.84. The minimum absolute atomic E-state index is 0.697. The summed E-state index contributed by atoms with van der Waals surface area (Å²) in [6.45, 7) is 2.01. The number of halogens is 1. The second kappa shape index (κ2) is 2.24. The van der Waals surface area contributed by atoms with E-state index < -0.39 is 0 Å². The van der Waals surface area contributed by atoms with Crippen LogP contribution in [0.4, 0.5) is 0 Å². The van der Waals surface area contributed by atoms with Crippen molar-refractivity contribution >= 4 is 17.2 Å². The maximum absolute atomic E-state index is 5.89. The fourth-order valence-corrected chi connectivity index (χ4v) is 1.32. The average molecular weight is 167 g/mol. The van der Waals surface area contributed by atoms with Gasteiger partial charge in [0.2, 0.25) is 0 Å². The van der Waals surface area contributed by atoms with Crippen LogP contribution in [0.3, 0.4) is 0 Å². The van der Waals surface area contributed by atoms with E-state index in [9.17, 15) is 0 Å². The molecule has 0 saturated heterocycles. The number of rotatable bonds is 0. The Labute approximate surface area is 69.4 Å². The van der Waals surface area contributed by atoms with Crippen LogP contribution in [-0.2, 0) is 0 Å². The zero-order valence-electron chi connectivity index (χ0n) is 6.08. The van der Waals surface area contributed by atoms with Crippen molar-refractivity contribution in [1.82, 2.24) is 9.38 Å². The summed E-state index contributed by atoms with van der Waals surface area (Å²) >= 11 is 5.89. The van der Waals surface area contributed by atoms with Gasteiger partial charge in [-0.3, -0.25) is 4.40 Å². The first kappa shape index (κ1) is 6.68. The molecule has 0 aliphatic rings. The van der Waals surface area contributed by atoms with Crippen molar-refractivity contribution in [1.29, 1.82) is 0 Å². The fraction of sp³-hybridized carbons (Fsp3) is 0.125. The van der Waals surface area contributed by atoms with Crippen LogP contribution in [0.15, 0.2) is 24.5 Å². The number of aromatic nitrogens is 2. The lowest BCUT2D eigenvalue weighted by molar-refractivity contribution is 1.16. The number of hydrogen-bond donors (Lipinski definition) is 0. The quantitative estimate of drug-likeness (QED) is 0.549. The third kappa shape index (κ3) is 0.906. The summed E-state index contributed by atoms with van der Waals surface area (Å²) in [7, 11) is 0. The smallest absolute Gasteiger partial charge is 0.140 e. The molecule has 0 aliphatic carbocycles. The van der Waals surface area contributed by atoms with Gasteiger partial charge in [0.25, 0.3) is 0 Å². The fourth-order valence-electron chi connectivity index (χ4n) is 1.12. The summed E-state index contributed by atoms with van der Waals surface area (Å²) < 4.78 is 1.86. The van der Waals surface area contributed by atoms with E-state index in [1.54, 1.807) is 6.20 Å². The molecular formula is C8H7ClN2. The van der Waals surface area contributed by atoms with Gasteiger partial charge in [0.1, 0.15) is 10.8 Å². The first-order valence-corrected chi connectivity index (χ1v) is 3.75. The largest absolute Gasteiger partial charge is 0.290 e. The average Bonchev–Trinajstić information content (AvgIpc) is 2.45. The number of imidazole rings is 1. The maximum Gasteiger partial charge on any atom is 0.140 e. The molecule has 0 aromatic carbocycles. The first-order chi connectivity index (χ1) is 5.29. The van der Waals surface area contributed by atoms with E-state index in [-0.39, 0.29) is 0 Å². The minimum Gasteiger partial charge on any atom is -0.290 e. The van der Waals surface area contributed by atoms with Crippen LogP contribution in [0.5, 0.6) is 0 Å². The first-order valence-electron chi connectivity index (χ1n) is 3.37. The predicted octanol–water partition coefficient (Wildman–Crippen LogP) is 2.30. The minimum atomic E-state index is 0.697.